The van der Waals surface area contributed by atoms with Crippen molar-refractivity contribution in [2.75, 3.05) is 0 Å². The number of fused-ring (bicyclic) bond motifs is 3. The highest BCUT2D eigenvalue weighted by atomic mass is 32.1. The summed E-state index contributed by atoms with van der Waals surface area (Å²) in [6, 6.07) is 13.3. The monoisotopic (exact) mass is 272 g/mol. The Balaban J connectivity index is 2.42. The molecule has 0 saturated carbocycles. The van der Waals surface area contributed by atoms with Crippen LogP contribution in [0.15, 0.2) is 42.5 Å². The molecule has 0 aliphatic heterocycles. The van der Waals surface area contributed by atoms with Gasteiger partial charge in [-0.2, -0.15) is 0 Å². The molecule has 2 aromatic carbocycles. The first-order valence-corrected chi connectivity index (χ1v) is 6.70. The first kappa shape index (κ1) is 12.1. The van der Waals surface area contributed by atoms with Gasteiger partial charge in [0.1, 0.15) is 0 Å². The maximum atomic E-state index is 11.2. The highest BCUT2D eigenvalue weighted by molar-refractivity contribution is 7.26. The molecule has 0 saturated heterocycles. The number of thiophene rings is 1. The van der Waals surface area contributed by atoms with E-state index in [1.165, 1.54) is 18.3 Å². The number of rotatable bonds is 2. The summed E-state index contributed by atoms with van der Waals surface area (Å²) in [5.74, 6) is -1.24. The Morgan fingerprint density at radius 2 is 1.79 bits per heavy atom. The summed E-state index contributed by atoms with van der Waals surface area (Å²) >= 11 is 1.51. The van der Waals surface area contributed by atoms with Crippen molar-refractivity contribution in [2.24, 2.45) is 0 Å². The van der Waals surface area contributed by atoms with Gasteiger partial charge in [-0.1, -0.05) is 36.4 Å². The van der Waals surface area contributed by atoms with Crippen molar-refractivity contribution in [1.29, 1.82) is 0 Å². The van der Waals surface area contributed by atoms with E-state index < -0.39 is 11.6 Å². The van der Waals surface area contributed by atoms with Crippen LogP contribution in [0, 0.1) is 0 Å². The lowest BCUT2D eigenvalue weighted by atomic mass is 9.94. The first-order chi connectivity index (χ1) is 9.01. The second-order valence-corrected chi connectivity index (χ2v) is 5.71. The van der Waals surface area contributed by atoms with E-state index in [0.29, 0.717) is 5.56 Å². The molecule has 19 heavy (non-hydrogen) atoms. The molecule has 0 radical (unpaired) electrons. The maximum Gasteiger partial charge on any atom is 0.340 e. The average molecular weight is 272 g/mol. The molecule has 0 aliphatic rings. The summed E-state index contributed by atoms with van der Waals surface area (Å²) in [5, 5.41) is 21.5. The third-order valence-electron chi connectivity index (χ3n) is 3.35. The molecule has 0 spiro atoms. The minimum absolute atomic E-state index is 0.443. The molecule has 0 unspecified atom stereocenters. The van der Waals surface area contributed by atoms with Crippen LogP contribution in [0.2, 0.25) is 0 Å². The lowest BCUT2D eigenvalue weighted by molar-refractivity contribution is -0.157. The van der Waals surface area contributed by atoms with Gasteiger partial charge in [-0.15, -0.1) is 11.3 Å². The van der Waals surface area contributed by atoms with Crippen LogP contribution in [0.3, 0.4) is 0 Å². The summed E-state index contributed by atoms with van der Waals surface area (Å²) < 4.78 is 1.92. The number of aliphatic carboxylic acids is 1. The van der Waals surface area contributed by atoms with Crippen LogP contribution >= 0.6 is 11.3 Å². The van der Waals surface area contributed by atoms with E-state index >= 15 is 0 Å². The number of carbonyl (C=O) groups is 1. The van der Waals surface area contributed by atoms with E-state index in [4.69, 9.17) is 0 Å². The van der Waals surface area contributed by atoms with E-state index in [2.05, 4.69) is 0 Å². The summed E-state index contributed by atoms with van der Waals surface area (Å²) in [6.45, 7) is 1.31. The molecule has 1 atom stereocenters. The second-order valence-electron chi connectivity index (χ2n) is 4.66. The van der Waals surface area contributed by atoms with Crippen molar-refractivity contribution in [3.05, 3.63) is 48.0 Å². The Kier molecular flexibility index (Phi) is 2.59. The molecule has 0 amide bonds. The lowest BCUT2D eigenvalue weighted by Crippen LogP contribution is -2.31. The van der Waals surface area contributed by atoms with Gasteiger partial charge in [0, 0.05) is 25.7 Å². The number of hydrogen-bond acceptors (Lipinski definition) is 3. The van der Waals surface area contributed by atoms with Crippen LogP contribution in [-0.4, -0.2) is 16.2 Å². The Hall–Kier alpha value is -1.91. The van der Waals surface area contributed by atoms with Crippen molar-refractivity contribution >= 4 is 37.5 Å². The molecule has 1 aromatic heterocycles. The Bertz CT molecular complexity index is 786. The van der Waals surface area contributed by atoms with Crippen LogP contribution in [0.5, 0.6) is 0 Å². The molecule has 96 valence electrons. The normalized spacial score (nSPS) is 14.6. The van der Waals surface area contributed by atoms with Gasteiger partial charge < -0.3 is 10.2 Å². The molecule has 0 fully saturated rings. The molecule has 2 N–H and O–H groups in total. The SMILES string of the molecule is C[C@@](O)(C(=O)O)c1cccc2c1sc1ccccc12. The topological polar surface area (TPSA) is 57.5 Å². The standard InChI is InChI=1S/C15H12O3S/c1-15(18,14(16)17)11-7-4-6-10-9-5-2-3-8-12(9)19-13(10)11/h2-8,18H,1H3,(H,16,17)/t15-/m0/s1. The number of benzene rings is 2. The quantitative estimate of drug-likeness (QED) is 0.752. The molecular formula is C15H12O3S. The second kappa shape index (κ2) is 4.05. The lowest BCUT2D eigenvalue weighted by Gasteiger charge is -2.18. The minimum Gasteiger partial charge on any atom is -0.479 e. The van der Waals surface area contributed by atoms with E-state index in [0.717, 1.165) is 20.2 Å². The maximum absolute atomic E-state index is 11.2. The molecule has 1 heterocycles. The molecular weight excluding hydrogens is 260 g/mol. The Morgan fingerprint density at radius 3 is 2.53 bits per heavy atom. The number of aliphatic hydroxyl groups is 1. The fourth-order valence-corrected chi connectivity index (χ4v) is 3.56. The predicted octanol–water partition coefficient (Wildman–Crippen LogP) is 3.35. The van der Waals surface area contributed by atoms with Crippen molar-refractivity contribution in [2.45, 2.75) is 12.5 Å². The predicted molar refractivity (Wildman–Crippen MR) is 76.5 cm³/mol. The van der Waals surface area contributed by atoms with Crippen molar-refractivity contribution in [3.8, 4) is 0 Å². The summed E-state index contributed by atoms with van der Waals surface area (Å²) in [4.78, 5) is 11.2. The van der Waals surface area contributed by atoms with Gasteiger partial charge in [-0.05, 0) is 13.0 Å². The fourth-order valence-electron chi connectivity index (χ4n) is 2.25. The zero-order valence-electron chi connectivity index (χ0n) is 10.3. The largest absolute Gasteiger partial charge is 0.479 e. The Morgan fingerprint density at radius 1 is 1.11 bits per heavy atom. The van der Waals surface area contributed by atoms with Gasteiger partial charge in [0.2, 0.25) is 0 Å². The molecule has 4 heteroatoms. The van der Waals surface area contributed by atoms with E-state index in [9.17, 15) is 15.0 Å². The van der Waals surface area contributed by atoms with Crippen LogP contribution in [0.1, 0.15) is 12.5 Å². The fraction of sp³-hybridized carbons (Fsp3) is 0.133. The third kappa shape index (κ3) is 1.72. The molecule has 0 aliphatic carbocycles. The first-order valence-electron chi connectivity index (χ1n) is 5.88. The molecule has 3 rings (SSSR count). The third-order valence-corrected chi connectivity index (χ3v) is 4.57. The number of hydrogen-bond donors (Lipinski definition) is 2. The average Bonchev–Trinajstić information content (AvgIpc) is 2.76. The van der Waals surface area contributed by atoms with Gasteiger partial charge >= 0.3 is 5.97 Å². The zero-order valence-corrected chi connectivity index (χ0v) is 11.1. The molecule has 3 aromatic rings. The van der Waals surface area contributed by atoms with Crippen molar-refractivity contribution in [1.82, 2.24) is 0 Å². The van der Waals surface area contributed by atoms with E-state index in [1.807, 2.05) is 30.3 Å². The molecule has 0 bridgehead atoms. The van der Waals surface area contributed by atoms with Gasteiger partial charge in [-0.3, -0.25) is 0 Å². The van der Waals surface area contributed by atoms with Crippen LogP contribution in [0.25, 0.3) is 20.2 Å². The molecule has 3 nitrogen and oxygen atoms in total. The highest BCUT2D eigenvalue weighted by Crippen LogP contribution is 2.39. The summed E-state index contributed by atoms with van der Waals surface area (Å²) in [6.07, 6.45) is 0. The van der Waals surface area contributed by atoms with Gasteiger partial charge in [-0.25, -0.2) is 4.79 Å². The van der Waals surface area contributed by atoms with Gasteiger partial charge in [0.25, 0.3) is 0 Å². The zero-order chi connectivity index (χ0) is 13.6. The van der Waals surface area contributed by atoms with Gasteiger partial charge in [0.05, 0.1) is 0 Å². The van der Waals surface area contributed by atoms with Crippen molar-refractivity contribution in [3.63, 3.8) is 0 Å². The Labute approximate surface area is 113 Å². The van der Waals surface area contributed by atoms with Gasteiger partial charge in [0.15, 0.2) is 5.60 Å². The smallest absolute Gasteiger partial charge is 0.340 e. The van der Waals surface area contributed by atoms with E-state index in [1.54, 1.807) is 12.1 Å². The number of carboxylic acids is 1. The van der Waals surface area contributed by atoms with Crippen LogP contribution in [0.4, 0.5) is 0 Å². The highest BCUT2D eigenvalue weighted by Gasteiger charge is 2.34. The number of carboxylic acid groups (broad SMARTS) is 1. The van der Waals surface area contributed by atoms with E-state index in [-0.39, 0.29) is 0 Å². The van der Waals surface area contributed by atoms with Crippen LogP contribution in [-0.2, 0) is 10.4 Å². The van der Waals surface area contributed by atoms with Crippen LogP contribution < -0.4 is 0 Å². The summed E-state index contributed by atoms with van der Waals surface area (Å²) in [5.41, 5.74) is -1.43. The van der Waals surface area contributed by atoms with Crippen molar-refractivity contribution < 1.29 is 15.0 Å². The minimum atomic E-state index is -1.87. The summed E-state index contributed by atoms with van der Waals surface area (Å²) in [7, 11) is 0.